The topological polar surface area (TPSA) is 75.7 Å². The van der Waals surface area contributed by atoms with Crippen LogP contribution in [0.1, 0.15) is 26.3 Å². The van der Waals surface area contributed by atoms with Gasteiger partial charge in [-0.2, -0.15) is 0 Å². The summed E-state index contributed by atoms with van der Waals surface area (Å²) >= 11 is 0. The van der Waals surface area contributed by atoms with E-state index in [9.17, 15) is 14.4 Å². The zero-order chi connectivity index (χ0) is 17.3. The van der Waals surface area contributed by atoms with Crippen LogP contribution in [-0.4, -0.2) is 36.3 Å². The SMILES string of the molecule is COc1ccccc1NC(=O)CN1C(=O)c2ccc(C)cc2C1=O. The van der Waals surface area contributed by atoms with Gasteiger partial charge in [0.25, 0.3) is 11.8 Å². The molecule has 6 heteroatoms. The molecule has 0 saturated carbocycles. The Bertz CT molecular complexity index is 845. The number of rotatable bonds is 4. The molecule has 2 aromatic rings. The van der Waals surface area contributed by atoms with E-state index in [-0.39, 0.29) is 6.54 Å². The molecule has 0 unspecified atom stereocenters. The molecule has 2 aromatic carbocycles. The predicted octanol–water partition coefficient (Wildman–Crippen LogP) is 2.24. The van der Waals surface area contributed by atoms with Crippen molar-refractivity contribution in [3.05, 3.63) is 59.2 Å². The van der Waals surface area contributed by atoms with E-state index in [2.05, 4.69) is 5.32 Å². The van der Waals surface area contributed by atoms with E-state index in [1.165, 1.54) is 7.11 Å². The van der Waals surface area contributed by atoms with E-state index >= 15 is 0 Å². The summed E-state index contributed by atoms with van der Waals surface area (Å²) in [6.45, 7) is 1.50. The summed E-state index contributed by atoms with van der Waals surface area (Å²) in [6.07, 6.45) is 0. The molecule has 122 valence electrons. The molecule has 3 amide bonds. The normalized spacial score (nSPS) is 13.0. The molecule has 0 saturated heterocycles. The minimum Gasteiger partial charge on any atom is -0.495 e. The molecule has 3 rings (SSSR count). The first-order valence-electron chi connectivity index (χ1n) is 7.41. The van der Waals surface area contributed by atoms with Crippen LogP contribution in [0.2, 0.25) is 0 Å². The number of nitrogens with one attached hydrogen (secondary N) is 1. The number of aryl methyl sites for hydroxylation is 1. The molecule has 0 fully saturated rings. The van der Waals surface area contributed by atoms with Gasteiger partial charge in [-0.05, 0) is 31.2 Å². The Morgan fingerprint density at radius 2 is 1.79 bits per heavy atom. The summed E-state index contributed by atoms with van der Waals surface area (Å²) < 4.78 is 5.16. The standard InChI is InChI=1S/C18H16N2O4/c1-11-7-8-12-13(9-11)18(23)20(17(12)22)10-16(21)19-14-5-3-4-6-15(14)24-2/h3-9H,10H2,1-2H3,(H,19,21). The Morgan fingerprint density at radius 1 is 1.08 bits per heavy atom. The highest BCUT2D eigenvalue weighted by molar-refractivity contribution is 6.22. The molecule has 24 heavy (non-hydrogen) atoms. The first kappa shape index (κ1) is 15.7. The Labute approximate surface area is 139 Å². The number of para-hydroxylation sites is 2. The lowest BCUT2D eigenvalue weighted by molar-refractivity contribution is -0.116. The van der Waals surface area contributed by atoms with E-state index in [4.69, 9.17) is 4.74 Å². The van der Waals surface area contributed by atoms with Crippen LogP contribution in [0, 0.1) is 6.92 Å². The number of anilines is 1. The van der Waals surface area contributed by atoms with Crippen molar-refractivity contribution in [2.75, 3.05) is 19.0 Å². The number of fused-ring (bicyclic) bond motifs is 1. The summed E-state index contributed by atoms with van der Waals surface area (Å²) in [5, 5.41) is 2.66. The summed E-state index contributed by atoms with van der Waals surface area (Å²) in [4.78, 5) is 37.9. The van der Waals surface area contributed by atoms with Crippen molar-refractivity contribution in [3.8, 4) is 5.75 Å². The molecular formula is C18H16N2O4. The highest BCUT2D eigenvalue weighted by atomic mass is 16.5. The number of amides is 3. The largest absolute Gasteiger partial charge is 0.495 e. The van der Waals surface area contributed by atoms with Gasteiger partial charge >= 0.3 is 0 Å². The van der Waals surface area contributed by atoms with E-state index in [0.717, 1.165) is 10.5 Å². The monoisotopic (exact) mass is 324 g/mol. The predicted molar refractivity (Wildman–Crippen MR) is 88.2 cm³/mol. The fourth-order valence-electron chi connectivity index (χ4n) is 2.63. The molecule has 0 radical (unpaired) electrons. The number of carbonyl (C=O) groups excluding carboxylic acids is 3. The smallest absolute Gasteiger partial charge is 0.262 e. The summed E-state index contributed by atoms with van der Waals surface area (Å²) in [5.74, 6) is -0.867. The highest BCUT2D eigenvalue weighted by Gasteiger charge is 2.36. The average molecular weight is 324 g/mol. The van der Waals surface area contributed by atoms with Gasteiger partial charge in [0.1, 0.15) is 12.3 Å². The second-order valence-electron chi connectivity index (χ2n) is 5.49. The van der Waals surface area contributed by atoms with Crippen LogP contribution in [0.3, 0.4) is 0 Å². The van der Waals surface area contributed by atoms with Crippen LogP contribution in [-0.2, 0) is 4.79 Å². The molecule has 0 spiro atoms. The van der Waals surface area contributed by atoms with Gasteiger partial charge in [-0.3, -0.25) is 19.3 Å². The number of hydrogen-bond acceptors (Lipinski definition) is 4. The zero-order valence-corrected chi connectivity index (χ0v) is 13.3. The molecule has 1 heterocycles. The minimum absolute atomic E-state index is 0.329. The lowest BCUT2D eigenvalue weighted by atomic mass is 10.1. The minimum atomic E-state index is -0.467. The lowest BCUT2D eigenvalue weighted by Crippen LogP contribution is -2.37. The Hall–Kier alpha value is -3.15. The first-order chi connectivity index (χ1) is 11.5. The maximum Gasteiger partial charge on any atom is 0.262 e. The molecule has 0 aromatic heterocycles. The number of ether oxygens (including phenoxy) is 1. The van der Waals surface area contributed by atoms with Crippen LogP contribution in [0.15, 0.2) is 42.5 Å². The number of hydrogen-bond donors (Lipinski definition) is 1. The van der Waals surface area contributed by atoms with Gasteiger partial charge in [0, 0.05) is 0 Å². The Balaban J connectivity index is 1.76. The van der Waals surface area contributed by atoms with Gasteiger partial charge < -0.3 is 10.1 Å². The van der Waals surface area contributed by atoms with Crippen LogP contribution < -0.4 is 10.1 Å². The van der Waals surface area contributed by atoms with Crippen molar-refractivity contribution in [2.24, 2.45) is 0 Å². The number of imide groups is 1. The van der Waals surface area contributed by atoms with Crippen LogP contribution >= 0.6 is 0 Å². The van der Waals surface area contributed by atoms with E-state index in [1.54, 1.807) is 42.5 Å². The van der Waals surface area contributed by atoms with Crippen LogP contribution in [0.25, 0.3) is 0 Å². The van der Waals surface area contributed by atoms with Crippen LogP contribution in [0.5, 0.6) is 5.75 Å². The maximum atomic E-state index is 12.4. The third-order valence-corrected chi connectivity index (χ3v) is 3.81. The van der Waals surface area contributed by atoms with Crippen LogP contribution in [0.4, 0.5) is 5.69 Å². The third kappa shape index (κ3) is 2.74. The summed E-state index contributed by atoms with van der Waals surface area (Å²) in [7, 11) is 1.50. The van der Waals surface area contributed by atoms with E-state index < -0.39 is 17.7 Å². The fourth-order valence-corrected chi connectivity index (χ4v) is 2.63. The van der Waals surface area contributed by atoms with Crippen molar-refractivity contribution >= 4 is 23.4 Å². The molecule has 1 N–H and O–H groups in total. The molecule has 0 atom stereocenters. The summed E-state index contributed by atoms with van der Waals surface area (Å²) in [6, 6.07) is 12.0. The molecule has 1 aliphatic rings. The molecular weight excluding hydrogens is 308 g/mol. The molecule has 0 bridgehead atoms. The second kappa shape index (κ2) is 6.16. The van der Waals surface area contributed by atoms with Gasteiger partial charge in [-0.1, -0.05) is 23.8 Å². The fraction of sp³-hybridized carbons (Fsp3) is 0.167. The number of benzene rings is 2. The number of nitrogens with zero attached hydrogens (tertiary/aromatic N) is 1. The lowest BCUT2D eigenvalue weighted by Gasteiger charge is -2.14. The number of methoxy groups -OCH3 is 1. The highest BCUT2D eigenvalue weighted by Crippen LogP contribution is 2.25. The molecule has 1 aliphatic heterocycles. The second-order valence-corrected chi connectivity index (χ2v) is 5.49. The third-order valence-electron chi connectivity index (χ3n) is 3.81. The van der Waals surface area contributed by atoms with Gasteiger partial charge in [0.15, 0.2) is 0 Å². The number of carbonyl (C=O) groups is 3. The average Bonchev–Trinajstić information content (AvgIpc) is 2.80. The Kier molecular flexibility index (Phi) is 4.04. The van der Waals surface area contributed by atoms with Crippen molar-refractivity contribution < 1.29 is 19.1 Å². The van der Waals surface area contributed by atoms with Gasteiger partial charge in [-0.15, -0.1) is 0 Å². The zero-order valence-electron chi connectivity index (χ0n) is 13.3. The van der Waals surface area contributed by atoms with Crippen molar-refractivity contribution in [1.29, 1.82) is 0 Å². The summed E-state index contributed by atoms with van der Waals surface area (Å²) in [5.41, 5.74) is 2.04. The van der Waals surface area contributed by atoms with Crippen molar-refractivity contribution in [3.63, 3.8) is 0 Å². The Morgan fingerprint density at radius 3 is 2.54 bits per heavy atom. The van der Waals surface area contributed by atoms with Gasteiger partial charge in [-0.25, -0.2) is 0 Å². The van der Waals surface area contributed by atoms with E-state index in [0.29, 0.717) is 22.6 Å². The first-order valence-corrected chi connectivity index (χ1v) is 7.41. The molecule has 0 aliphatic carbocycles. The maximum absolute atomic E-state index is 12.4. The van der Waals surface area contributed by atoms with Crippen molar-refractivity contribution in [1.82, 2.24) is 4.90 Å². The molecule has 6 nitrogen and oxygen atoms in total. The van der Waals surface area contributed by atoms with Gasteiger partial charge in [0.05, 0.1) is 23.9 Å². The van der Waals surface area contributed by atoms with E-state index in [1.807, 2.05) is 6.92 Å². The van der Waals surface area contributed by atoms with Gasteiger partial charge in [0.2, 0.25) is 5.91 Å². The van der Waals surface area contributed by atoms with Crippen molar-refractivity contribution in [2.45, 2.75) is 6.92 Å². The quantitative estimate of drug-likeness (QED) is 0.875.